The van der Waals surface area contributed by atoms with Crippen molar-refractivity contribution < 1.29 is 8.42 Å². The molecule has 2 aromatic rings. The quantitative estimate of drug-likeness (QED) is 0.833. The Morgan fingerprint density at radius 1 is 1.16 bits per heavy atom. The summed E-state index contributed by atoms with van der Waals surface area (Å²) in [4.78, 5) is 1.92. The van der Waals surface area contributed by atoms with E-state index >= 15 is 0 Å². The van der Waals surface area contributed by atoms with E-state index in [0.29, 0.717) is 11.7 Å². The standard InChI is InChI=1S/C19H20N2O2S2/c1-15-7-9-17(10-8-15)20-19(24)21(13-16-5-3-2-4-6-16)18-11-12-25(22,23)14-18/h2-12,18H,13-14H2,1H3,(H,20,24)/t18-/m0/s1. The van der Waals surface area contributed by atoms with E-state index in [-0.39, 0.29) is 11.8 Å². The van der Waals surface area contributed by atoms with E-state index in [1.54, 1.807) is 6.08 Å². The lowest BCUT2D eigenvalue weighted by Crippen LogP contribution is -2.42. The third kappa shape index (κ3) is 4.67. The van der Waals surface area contributed by atoms with E-state index in [4.69, 9.17) is 12.2 Å². The molecule has 0 spiro atoms. The summed E-state index contributed by atoms with van der Waals surface area (Å²) in [6, 6.07) is 17.6. The Hall–Kier alpha value is -2.18. The summed E-state index contributed by atoms with van der Waals surface area (Å²) in [7, 11) is -3.15. The molecule has 1 N–H and O–H groups in total. The number of benzene rings is 2. The fourth-order valence-electron chi connectivity index (χ4n) is 2.71. The van der Waals surface area contributed by atoms with Crippen molar-refractivity contribution in [2.24, 2.45) is 0 Å². The second kappa shape index (κ2) is 7.37. The molecular weight excluding hydrogens is 352 g/mol. The van der Waals surface area contributed by atoms with E-state index in [1.165, 1.54) is 11.0 Å². The molecule has 0 fully saturated rings. The molecule has 3 rings (SSSR count). The highest BCUT2D eigenvalue weighted by Crippen LogP contribution is 2.19. The lowest BCUT2D eigenvalue weighted by molar-refractivity contribution is 0.380. The Morgan fingerprint density at radius 3 is 2.44 bits per heavy atom. The summed E-state index contributed by atoms with van der Waals surface area (Å²) in [6.07, 6.45) is 1.71. The number of rotatable bonds is 4. The molecule has 0 aliphatic carbocycles. The second-order valence-electron chi connectivity index (χ2n) is 6.14. The average molecular weight is 373 g/mol. The number of anilines is 1. The van der Waals surface area contributed by atoms with Gasteiger partial charge in [-0.3, -0.25) is 0 Å². The van der Waals surface area contributed by atoms with Crippen molar-refractivity contribution >= 4 is 32.9 Å². The van der Waals surface area contributed by atoms with Crippen LogP contribution >= 0.6 is 12.2 Å². The second-order valence-corrected chi connectivity index (χ2v) is 8.45. The van der Waals surface area contributed by atoms with Gasteiger partial charge in [-0.2, -0.15) is 0 Å². The SMILES string of the molecule is Cc1ccc(NC(=S)N(Cc2ccccc2)[C@H]2C=CS(=O)(=O)C2)cc1. The summed E-state index contributed by atoms with van der Waals surface area (Å²) < 4.78 is 23.7. The van der Waals surface area contributed by atoms with Crippen molar-refractivity contribution in [3.8, 4) is 0 Å². The van der Waals surface area contributed by atoms with Crippen molar-refractivity contribution in [1.82, 2.24) is 4.90 Å². The minimum atomic E-state index is -3.15. The number of nitrogens with one attached hydrogen (secondary N) is 1. The Labute approximate surface area is 154 Å². The molecule has 0 amide bonds. The molecule has 0 saturated heterocycles. The molecule has 1 atom stereocenters. The van der Waals surface area contributed by atoms with Gasteiger partial charge in [0.25, 0.3) is 0 Å². The molecule has 0 saturated carbocycles. The fourth-order valence-corrected chi connectivity index (χ4v) is 4.32. The normalized spacial score (nSPS) is 18.0. The number of nitrogens with zero attached hydrogens (tertiary/aromatic N) is 1. The molecular formula is C19H20N2O2S2. The third-order valence-corrected chi connectivity index (χ3v) is 5.79. The van der Waals surface area contributed by atoms with Crippen LogP contribution < -0.4 is 5.32 Å². The molecule has 0 unspecified atom stereocenters. The van der Waals surface area contributed by atoms with Crippen LogP contribution in [-0.2, 0) is 16.4 Å². The Balaban J connectivity index is 1.81. The highest BCUT2D eigenvalue weighted by molar-refractivity contribution is 7.94. The van der Waals surface area contributed by atoms with Crippen LogP contribution in [0.2, 0.25) is 0 Å². The van der Waals surface area contributed by atoms with Crippen molar-refractivity contribution in [2.45, 2.75) is 19.5 Å². The van der Waals surface area contributed by atoms with Gasteiger partial charge in [0.2, 0.25) is 0 Å². The Kier molecular flexibility index (Phi) is 5.20. The lowest BCUT2D eigenvalue weighted by Gasteiger charge is -2.30. The first kappa shape index (κ1) is 17.6. The van der Waals surface area contributed by atoms with Gasteiger partial charge in [-0.15, -0.1) is 0 Å². The van der Waals surface area contributed by atoms with Gasteiger partial charge in [0.15, 0.2) is 14.9 Å². The highest BCUT2D eigenvalue weighted by Gasteiger charge is 2.28. The zero-order chi connectivity index (χ0) is 17.9. The third-order valence-electron chi connectivity index (χ3n) is 4.07. The van der Waals surface area contributed by atoms with Crippen molar-refractivity contribution in [3.63, 3.8) is 0 Å². The van der Waals surface area contributed by atoms with E-state index < -0.39 is 9.84 Å². The topological polar surface area (TPSA) is 49.4 Å². The zero-order valence-electron chi connectivity index (χ0n) is 13.9. The van der Waals surface area contributed by atoms with Gasteiger partial charge in [0, 0.05) is 17.6 Å². The summed E-state index contributed by atoms with van der Waals surface area (Å²) in [5.74, 6) is 0.0511. The van der Waals surface area contributed by atoms with Crippen LogP contribution in [0.3, 0.4) is 0 Å². The maximum absolute atomic E-state index is 11.8. The van der Waals surface area contributed by atoms with Crippen molar-refractivity contribution in [2.75, 3.05) is 11.1 Å². The summed E-state index contributed by atoms with van der Waals surface area (Å²) in [5.41, 5.74) is 3.13. The molecule has 0 aromatic heterocycles. The van der Waals surface area contributed by atoms with Crippen LogP contribution in [0.4, 0.5) is 5.69 Å². The molecule has 1 aliphatic rings. The van der Waals surface area contributed by atoms with Crippen molar-refractivity contribution in [3.05, 3.63) is 77.2 Å². The molecule has 1 heterocycles. The van der Waals surface area contributed by atoms with E-state index in [0.717, 1.165) is 11.3 Å². The Bertz CT molecular complexity index is 875. The van der Waals surface area contributed by atoms with Gasteiger partial charge in [0.05, 0.1) is 11.8 Å². The molecule has 4 nitrogen and oxygen atoms in total. The monoisotopic (exact) mass is 372 g/mol. The summed E-state index contributed by atoms with van der Waals surface area (Å²) >= 11 is 5.59. The predicted molar refractivity (Wildman–Crippen MR) is 106 cm³/mol. The lowest BCUT2D eigenvalue weighted by atomic mass is 10.2. The first-order chi connectivity index (χ1) is 11.9. The largest absolute Gasteiger partial charge is 0.337 e. The number of hydrogen-bond donors (Lipinski definition) is 1. The van der Waals surface area contributed by atoms with Gasteiger partial charge < -0.3 is 10.2 Å². The molecule has 0 radical (unpaired) electrons. The van der Waals surface area contributed by atoms with Crippen LogP contribution in [0, 0.1) is 6.92 Å². The first-order valence-corrected chi connectivity index (χ1v) is 10.1. The van der Waals surface area contributed by atoms with Gasteiger partial charge in [-0.05, 0) is 42.9 Å². The van der Waals surface area contributed by atoms with Crippen LogP contribution in [0.25, 0.3) is 0 Å². The smallest absolute Gasteiger partial charge is 0.174 e. The average Bonchev–Trinajstić information content (AvgIpc) is 2.95. The number of sulfone groups is 1. The molecule has 6 heteroatoms. The van der Waals surface area contributed by atoms with Gasteiger partial charge in [-0.25, -0.2) is 8.42 Å². The summed E-state index contributed by atoms with van der Waals surface area (Å²) in [5, 5.41) is 5.02. The predicted octanol–water partition coefficient (Wildman–Crippen LogP) is 3.50. The molecule has 1 aliphatic heterocycles. The number of aryl methyl sites for hydroxylation is 1. The zero-order valence-corrected chi connectivity index (χ0v) is 15.6. The van der Waals surface area contributed by atoms with Crippen LogP contribution in [0.5, 0.6) is 0 Å². The molecule has 2 aromatic carbocycles. The van der Waals surface area contributed by atoms with Crippen LogP contribution in [0.15, 0.2) is 66.1 Å². The molecule has 130 valence electrons. The fraction of sp³-hybridized carbons (Fsp3) is 0.211. The first-order valence-electron chi connectivity index (χ1n) is 8.02. The van der Waals surface area contributed by atoms with Gasteiger partial charge in [-0.1, -0.05) is 48.0 Å². The minimum Gasteiger partial charge on any atom is -0.337 e. The van der Waals surface area contributed by atoms with E-state index in [1.807, 2.05) is 66.4 Å². The maximum Gasteiger partial charge on any atom is 0.174 e. The number of hydrogen-bond acceptors (Lipinski definition) is 3. The Morgan fingerprint density at radius 2 is 1.84 bits per heavy atom. The van der Waals surface area contributed by atoms with E-state index in [9.17, 15) is 8.42 Å². The van der Waals surface area contributed by atoms with Crippen molar-refractivity contribution in [1.29, 1.82) is 0 Å². The summed E-state index contributed by atoms with van der Waals surface area (Å²) in [6.45, 7) is 2.57. The van der Waals surface area contributed by atoms with Gasteiger partial charge >= 0.3 is 0 Å². The molecule has 0 bridgehead atoms. The van der Waals surface area contributed by atoms with Crippen LogP contribution in [-0.4, -0.2) is 30.2 Å². The number of thiocarbonyl (C=S) groups is 1. The van der Waals surface area contributed by atoms with Crippen LogP contribution in [0.1, 0.15) is 11.1 Å². The highest BCUT2D eigenvalue weighted by atomic mass is 32.2. The molecule has 25 heavy (non-hydrogen) atoms. The van der Waals surface area contributed by atoms with E-state index in [2.05, 4.69) is 5.32 Å². The minimum absolute atomic E-state index is 0.0511. The van der Waals surface area contributed by atoms with Gasteiger partial charge in [0.1, 0.15) is 0 Å². The maximum atomic E-state index is 11.8.